The van der Waals surface area contributed by atoms with Gasteiger partial charge in [-0.25, -0.2) is 4.39 Å². The third-order valence-electron chi connectivity index (χ3n) is 3.50. The number of hydrogen-bond donors (Lipinski definition) is 1. The Hall–Kier alpha value is -1.93. The highest BCUT2D eigenvalue weighted by molar-refractivity contribution is 5.79. The molecule has 1 aromatic rings. The first-order valence-corrected chi connectivity index (χ1v) is 6.33. The molecular formula is C14H16FN3O. The van der Waals surface area contributed by atoms with Gasteiger partial charge in [0.25, 0.3) is 0 Å². The predicted octanol–water partition coefficient (Wildman–Crippen LogP) is 1.54. The number of amides is 1. The van der Waals surface area contributed by atoms with Crippen LogP contribution in [0.5, 0.6) is 0 Å². The van der Waals surface area contributed by atoms with Crippen LogP contribution in [-0.4, -0.2) is 23.4 Å². The summed E-state index contributed by atoms with van der Waals surface area (Å²) < 4.78 is 13.8. The molecule has 1 aliphatic heterocycles. The SMILES string of the molecule is N#Cc1ccc(CN2CCCC[C@@H]2C(N)=O)c(F)c1. The fraction of sp³-hybridized carbons (Fsp3) is 0.429. The highest BCUT2D eigenvalue weighted by Crippen LogP contribution is 2.21. The van der Waals surface area contributed by atoms with Crippen molar-refractivity contribution in [1.82, 2.24) is 4.90 Å². The maximum absolute atomic E-state index is 13.8. The maximum atomic E-state index is 13.8. The van der Waals surface area contributed by atoms with Crippen molar-refractivity contribution in [2.75, 3.05) is 6.54 Å². The fourth-order valence-corrected chi connectivity index (χ4v) is 2.47. The molecule has 1 fully saturated rings. The molecule has 0 aliphatic carbocycles. The fourth-order valence-electron chi connectivity index (χ4n) is 2.47. The predicted molar refractivity (Wildman–Crippen MR) is 68.4 cm³/mol. The van der Waals surface area contributed by atoms with Gasteiger partial charge >= 0.3 is 0 Å². The van der Waals surface area contributed by atoms with Crippen LogP contribution in [0.1, 0.15) is 30.4 Å². The normalized spacial score (nSPS) is 19.9. The zero-order valence-electron chi connectivity index (χ0n) is 10.6. The van der Waals surface area contributed by atoms with Crippen LogP contribution in [0.3, 0.4) is 0 Å². The van der Waals surface area contributed by atoms with E-state index in [1.54, 1.807) is 12.1 Å². The standard InChI is InChI=1S/C14H16FN3O/c15-12-7-10(8-16)4-5-11(12)9-18-6-2-1-3-13(18)14(17)19/h4-5,7,13H,1-3,6,9H2,(H2,17,19)/t13-/m1/s1. The lowest BCUT2D eigenvalue weighted by Crippen LogP contribution is -2.47. The van der Waals surface area contributed by atoms with Gasteiger partial charge in [0.1, 0.15) is 5.82 Å². The highest BCUT2D eigenvalue weighted by atomic mass is 19.1. The number of likely N-dealkylation sites (tertiary alicyclic amines) is 1. The summed E-state index contributed by atoms with van der Waals surface area (Å²) in [7, 11) is 0. The average Bonchev–Trinajstić information content (AvgIpc) is 2.41. The monoisotopic (exact) mass is 261 g/mol. The lowest BCUT2D eigenvalue weighted by atomic mass is 10.0. The average molecular weight is 261 g/mol. The van der Waals surface area contributed by atoms with Gasteiger partial charge in [-0.05, 0) is 31.5 Å². The van der Waals surface area contributed by atoms with Gasteiger partial charge in [-0.3, -0.25) is 9.69 Å². The molecule has 0 bridgehead atoms. The van der Waals surface area contributed by atoms with Crippen LogP contribution < -0.4 is 5.73 Å². The number of halogens is 1. The first-order chi connectivity index (χ1) is 9.11. The first-order valence-electron chi connectivity index (χ1n) is 6.33. The quantitative estimate of drug-likeness (QED) is 0.897. The van der Waals surface area contributed by atoms with E-state index in [4.69, 9.17) is 11.0 Å². The molecule has 0 unspecified atom stereocenters. The third-order valence-corrected chi connectivity index (χ3v) is 3.50. The minimum atomic E-state index is -0.409. The Morgan fingerprint density at radius 1 is 1.53 bits per heavy atom. The minimum Gasteiger partial charge on any atom is -0.368 e. The van der Waals surface area contributed by atoms with Gasteiger partial charge in [-0.1, -0.05) is 12.5 Å². The molecule has 0 spiro atoms. The number of primary amides is 1. The number of nitriles is 1. The van der Waals surface area contributed by atoms with Crippen molar-refractivity contribution in [3.63, 3.8) is 0 Å². The Bertz CT molecular complexity index is 524. The van der Waals surface area contributed by atoms with E-state index in [1.165, 1.54) is 6.07 Å². The molecule has 0 saturated carbocycles. The lowest BCUT2D eigenvalue weighted by Gasteiger charge is -2.33. The minimum absolute atomic E-state index is 0.298. The number of nitrogens with two attached hydrogens (primary N) is 1. The Labute approximate surface area is 111 Å². The zero-order chi connectivity index (χ0) is 13.8. The van der Waals surface area contributed by atoms with Crippen molar-refractivity contribution >= 4 is 5.91 Å². The van der Waals surface area contributed by atoms with E-state index in [0.717, 1.165) is 25.8 Å². The molecule has 0 radical (unpaired) electrons. The van der Waals surface area contributed by atoms with Crippen molar-refractivity contribution in [2.24, 2.45) is 5.73 Å². The second-order valence-corrected chi connectivity index (χ2v) is 4.80. The van der Waals surface area contributed by atoms with Crippen LogP contribution in [0.15, 0.2) is 18.2 Å². The first kappa shape index (κ1) is 13.5. The molecule has 1 aromatic carbocycles. The number of carbonyl (C=O) groups is 1. The molecule has 4 nitrogen and oxygen atoms in total. The molecule has 19 heavy (non-hydrogen) atoms. The molecule has 1 saturated heterocycles. The summed E-state index contributed by atoms with van der Waals surface area (Å²) in [5, 5.41) is 8.70. The summed E-state index contributed by atoms with van der Waals surface area (Å²) in [5.41, 5.74) is 6.17. The summed E-state index contributed by atoms with van der Waals surface area (Å²) >= 11 is 0. The van der Waals surface area contributed by atoms with Crippen molar-refractivity contribution in [2.45, 2.75) is 31.8 Å². The number of piperidine rings is 1. The number of hydrogen-bond acceptors (Lipinski definition) is 3. The Kier molecular flexibility index (Phi) is 4.13. The molecule has 1 atom stereocenters. The Morgan fingerprint density at radius 3 is 2.95 bits per heavy atom. The number of benzene rings is 1. The van der Waals surface area contributed by atoms with Gasteiger partial charge in [0.15, 0.2) is 0 Å². The topological polar surface area (TPSA) is 70.1 Å². The van der Waals surface area contributed by atoms with E-state index in [1.807, 2.05) is 11.0 Å². The largest absolute Gasteiger partial charge is 0.368 e. The molecule has 5 heteroatoms. The third kappa shape index (κ3) is 3.09. The van der Waals surface area contributed by atoms with Crippen LogP contribution in [0.2, 0.25) is 0 Å². The van der Waals surface area contributed by atoms with Gasteiger partial charge in [-0.15, -0.1) is 0 Å². The van der Waals surface area contributed by atoms with Crippen molar-refractivity contribution in [3.05, 3.63) is 35.1 Å². The van der Waals surface area contributed by atoms with E-state index in [0.29, 0.717) is 17.7 Å². The van der Waals surface area contributed by atoms with E-state index in [-0.39, 0.29) is 11.9 Å². The maximum Gasteiger partial charge on any atom is 0.234 e. The second kappa shape index (κ2) is 5.81. The molecule has 100 valence electrons. The summed E-state index contributed by atoms with van der Waals surface area (Å²) in [6, 6.07) is 5.99. The summed E-state index contributed by atoms with van der Waals surface area (Å²) in [4.78, 5) is 13.3. The number of rotatable bonds is 3. The van der Waals surface area contributed by atoms with Crippen molar-refractivity contribution < 1.29 is 9.18 Å². The summed E-state index contributed by atoms with van der Waals surface area (Å²) in [6.45, 7) is 1.10. The molecule has 2 N–H and O–H groups in total. The van der Waals surface area contributed by atoms with E-state index in [9.17, 15) is 9.18 Å². The van der Waals surface area contributed by atoms with Gasteiger partial charge < -0.3 is 5.73 Å². The van der Waals surface area contributed by atoms with E-state index in [2.05, 4.69) is 0 Å². The second-order valence-electron chi connectivity index (χ2n) is 4.80. The van der Waals surface area contributed by atoms with Crippen LogP contribution in [0.4, 0.5) is 4.39 Å². The summed E-state index contributed by atoms with van der Waals surface area (Å²) in [5.74, 6) is -0.762. The smallest absolute Gasteiger partial charge is 0.234 e. The van der Waals surface area contributed by atoms with Gasteiger partial charge in [0, 0.05) is 12.1 Å². The molecule has 1 heterocycles. The van der Waals surface area contributed by atoms with E-state index >= 15 is 0 Å². The summed E-state index contributed by atoms with van der Waals surface area (Å²) in [6.07, 6.45) is 2.69. The Balaban J connectivity index is 2.15. The van der Waals surface area contributed by atoms with Crippen LogP contribution in [0.25, 0.3) is 0 Å². The van der Waals surface area contributed by atoms with Crippen molar-refractivity contribution in [3.8, 4) is 6.07 Å². The number of nitrogens with zero attached hydrogens (tertiary/aromatic N) is 2. The molecule has 2 rings (SSSR count). The zero-order valence-corrected chi connectivity index (χ0v) is 10.6. The van der Waals surface area contributed by atoms with Crippen LogP contribution in [-0.2, 0) is 11.3 Å². The van der Waals surface area contributed by atoms with Gasteiger partial charge in [0.05, 0.1) is 17.7 Å². The van der Waals surface area contributed by atoms with Gasteiger partial charge in [-0.2, -0.15) is 5.26 Å². The molecular weight excluding hydrogens is 245 g/mol. The van der Waals surface area contributed by atoms with Crippen LogP contribution in [0, 0.1) is 17.1 Å². The number of carbonyl (C=O) groups excluding carboxylic acids is 1. The molecule has 1 aliphatic rings. The molecule has 1 amide bonds. The van der Waals surface area contributed by atoms with Crippen molar-refractivity contribution in [1.29, 1.82) is 5.26 Å². The highest BCUT2D eigenvalue weighted by Gasteiger charge is 2.27. The van der Waals surface area contributed by atoms with E-state index < -0.39 is 5.82 Å². The van der Waals surface area contributed by atoms with Crippen LogP contribution >= 0.6 is 0 Å². The van der Waals surface area contributed by atoms with Gasteiger partial charge in [0.2, 0.25) is 5.91 Å². The molecule has 0 aromatic heterocycles. The Morgan fingerprint density at radius 2 is 2.32 bits per heavy atom. The lowest BCUT2D eigenvalue weighted by molar-refractivity contribution is -0.124.